The van der Waals surface area contributed by atoms with Gasteiger partial charge in [-0.15, -0.1) is 0 Å². The molecular weight excluding hydrogens is 400 g/mol. The van der Waals surface area contributed by atoms with Crippen molar-refractivity contribution in [1.29, 1.82) is 0 Å². The fourth-order valence-corrected chi connectivity index (χ4v) is 3.51. The van der Waals surface area contributed by atoms with Crippen molar-refractivity contribution >= 4 is 14.3 Å². The Labute approximate surface area is 186 Å². The molecule has 7 heteroatoms. The minimum atomic E-state index is -1.44. The van der Waals surface area contributed by atoms with Gasteiger partial charge in [0.15, 0.2) is 8.32 Å². The van der Waals surface area contributed by atoms with E-state index >= 15 is 0 Å². The minimum Gasteiger partial charge on any atom is -0.463 e. The lowest BCUT2D eigenvalue weighted by Crippen LogP contribution is -2.27. The van der Waals surface area contributed by atoms with Crippen LogP contribution in [-0.4, -0.2) is 67.1 Å². The summed E-state index contributed by atoms with van der Waals surface area (Å²) in [6.07, 6.45) is 11.8. The van der Waals surface area contributed by atoms with Gasteiger partial charge in [-0.3, -0.25) is 4.79 Å². The van der Waals surface area contributed by atoms with Gasteiger partial charge in [0.25, 0.3) is 0 Å². The van der Waals surface area contributed by atoms with Crippen LogP contribution in [0.1, 0.15) is 71.1 Å². The zero-order chi connectivity index (χ0) is 22.3. The maximum absolute atomic E-state index is 11.7. The van der Waals surface area contributed by atoms with Crippen molar-refractivity contribution in [2.45, 2.75) is 90.8 Å². The van der Waals surface area contributed by atoms with Crippen LogP contribution in [0, 0.1) is 0 Å². The van der Waals surface area contributed by atoms with Crippen LogP contribution in [0.5, 0.6) is 0 Å². The number of unbranched alkanes of at least 4 members (excludes halogenated alkanes) is 8. The maximum atomic E-state index is 11.7. The second-order valence-corrected chi connectivity index (χ2v) is 13.1. The van der Waals surface area contributed by atoms with E-state index in [-0.39, 0.29) is 5.97 Å². The molecule has 0 aliphatic rings. The molecule has 0 fully saturated rings. The van der Waals surface area contributed by atoms with Gasteiger partial charge < -0.3 is 23.4 Å². The van der Waals surface area contributed by atoms with E-state index < -0.39 is 8.32 Å². The molecule has 0 spiro atoms. The Morgan fingerprint density at radius 1 is 0.600 bits per heavy atom. The van der Waals surface area contributed by atoms with Crippen LogP contribution in [0.15, 0.2) is 0 Å². The highest BCUT2D eigenvalue weighted by Crippen LogP contribution is 2.10. The zero-order valence-electron chi connectivity index (χ0n) is 20.2. The van der Waals surface area contributed by atoms with E-state index in [1.807, 2.05) is 0 Å². The quantitative estimate of drug-likeness (QED) is 0.119. The van der Waals surface area contributed by atoms with Crippen LogP contribution in [0.3, 0.4) is 0 Å². The summed E-state index contributed by atoms with van der Waals surface area (Å²) in [6.45, 7) is 12.8. The third kappa shape index (κ3) is 25.6. The van der Waals surface area contributed by atoms with E-state index in [2.05, 4.69) is 26.6 Å². The topological polar surface area (TPSA) is 63.2 Å². The zero-order valence-corrected chi connectivity index (χ0v) is 21.2. The Morgan fingerprint density at radius 3 is 1.53 bits per heavy atom. The molecule has 180 valence electrons. The molecule has 0 rings (SSSR count). The average molecular weight is 449 g/mol. The third-order valence-electron chi connectivity index (χ3n) is 4.48. The standard InChI is InChI=1S/C23H48O6Si/c1-5-6-7-8-9-10-11-12-13-14-23(24)28-21-19-26-17-15-25-16-18-27-20-22-29-30(2,3)4/h5-22H2,1-4H3. The summed E-state index contributed by atoms with van der Waals surface area (Å²) in [5.41, 5.74) is 0. The molecule has 0 aliphatic carbocycles. The second-order valence-electron chi connectivity index (χ2n) is 8.60. The first-order valence-corrected chi connectivity index (χ1v) is 15.4. The molecule has 0 amide bonds. The summed E-state index contributed by atoms with van der Waals surface area (Å²) in [4.78, 5) is 11.7. The Hall–Kier alpha value is -0.473. The van der Waals surface area contributed by atoms with Crippen molar-refractivity contribution in [2.24, 2.45) is 0 Å². The summed E-state index contributed by atoms with van der Waals surface area (Å²) in [5, 5.41) is 0. The number of hydrogen-bond acceptors (Lipinski definition) is 6. The number of hydrogen-bond donors (Lipinski definition) is 0. The lowest BCUT2D eigenvalue weighted by molar-refractivity contribution is -0.145. The van der Waals surface area contributed by atoms with Gasteiger partial charge in [-0.05, 0) is 26.1 Å². The molecule has 6 nitrogen and oxygen atoms in total. The van der Waals surface area contributed by atoms with Crippen LogP contribution < -0.4 is 0 Å². The third-order valence-corrected chi connectivity index (χ3v) is 5.55. The molecule has 0 saturated carbocycles. The number of carbonyl (C=O) groups excluding carboxylic acids is 1. The van der Waals surface area contributed by atoms with E-state index in [0.29, 0.717) is 59.3 Å². The second kappa shape index (κ2) is 21.7. The van der Waals surface area contributed by atoms with E-state index in [1.165, 1.54) is 44.9 Å². The fraction of sp³-hybridized carbons (Fsp3) is 0.957. The lowest BCUT2D eigenvalue weighted by Gasteiger charge is -2.16. The molecule has 0 atom stereocenters. The van der Waals surface area contributed by atoms with Gasteiger partial charge in [-0.25, -0.2) is 0 Å². The fourth-order valence-electron chi connectivity index (χ4n) is 2.82. The van der Waals surface area contributed by atoms with E-state index in [0.717, 1.165) is 12.8 Å². The molecule has 0 saturated heterocycles. The molecule has 0 aliphatic heterocycles. The normalized spacial score (nSPS) is 11.7. The highest BCUT2D eigenvalue weighted by Gasteiger charge is 2.13. The van der Waals surface area contributed by atoms with Gasteiger partial charge in [0, 0.05) is 6.42 Å². The summed E-state index contributed by atoms with van der Waals surface area (Å²) in [7, 11) is -1.44. The first kappa shape index (κ1) is 29.5. The molecule has 0 aromatic rings. The average Bonchev–Trinajstić information content (AvgIpc) is 2.69. The lowest BCUT2D eigenvalue weighted by atomic mass is 10.1. The smallest absolute Gasteiger partial charge is 0.305 e. The van der Waals surface area contributed by atoms with Crippen LogP contribution in [0.4, 0.5) is 0 Å². The SMILES string of the molecule is CCCCCCCCCCCC(=O)OCCOCCOCCOCCO[Si](C)(C)C. The highest BCUT2D eigenvalue weighted by molar-refractivity contribution is 6.69. The monoisotopic (exact) mass is 448 g/mol. The molecule has 0 bridgehead atoms. The summed E-state index contributed by atoms with van der Waals surface area (Å²) >= 11 is 0. The Balaban J connectivity index is 3.18. The molecule has 0 aromatic heterocycles. The van der Waals surface area contributed by atoms with Crippen LogP contribution in [-0.2, 0) is 28.2 Å². The van der Waals surface area contributed by atoms with Crippen LogP contribution >= 0.6 is 0 Å². The van der Waals surface area contributed by atoms with Crippen LogP contribution in [0.2, 0.25) is 19.6 Å². The van der Waals surface area contributed by atoms with Gasteiger partial charge >= 0.3 is 5.97 Å². The van der Waals surface area contributed by atoms with Crippen molar-refractivity contribution in [2.75, 3.05) is 52.9 Å². The van der Waals surface area contributed by atoms with Gasteiger partial charge in [0.05, 0.1) is 46.2 Å². The first-order chi connectivity index (χ1) is 14.5. The number of esters is 1. The first-order valence-electron chi connectivity index (χ1n) is 12.0. The molecular formula is C23H48O6Si. The Bertz CT molecular complexity index is 373. The van der Waals surface area contributed by atoms with Crippen molar-refractivity contribution in [3.05, 3.63) is 0 Å². The summed E-state index contributed by atoms with van der Waals surface area (Å²) in [5.74, 6) is -0.118. The van der Waals surface area contributed by atoms with Crippen LogP contribution in [0.25, 0.3) is 0 Å². The minimum absolute atomic E-state index is 0.118. The molecule has 0 radical (unpaired) electrons. The van der Waals surface area contributed by atoms with Crippen molar-refractivity contribution in [3.63, 3.8) is 0 Å². The van der Waals surface area contributed by atoms with E-state index in [1.54, 1.807) is 0 Å². The number of ether oxygens (including phenoxy) is 4. The Morgan fingerprint density at radius 2 is 1.03 bits per heavy atom. The van der Waals surface area contributed by atoms with E-state index in [4.69, 9.17) is 23.4 Å². The molecule has 0 unspecified atom stereocenters. The van der Waals surface area contributed by atoms with Gasteiger partial charge in [-0.2, -0.15) is 0 Å². The largest absolute Gasteiger partial charge is 0.463 e. The highest BCUT2D eigenvalue weighted by atomic mass is 28.4. The van der Waals surface area contributed by atoms with Gasteiger partial charge in [0.1, 0.15) is 6.61 Å². The van der Waals surface area contributed by atoms with Gasteiger partial charge in [0.2, 0.25) is 0 Å². The predicted octanol–water partition coefficient (Wildman–Crippen LogP) is 5.35. The molecule has 30 heavy (non-hydrogen) atoms. The Kier molecular flexibility index (Phi) is 21.4. The molecule has 0 heterocycles. The van der Waals surface area contributed by atoms with Gasteiger partial charge in [-0.1, -0.05) is 58.3 Å². The number of carbonyl (C=O) groups is 1. The maximum Gasteiger partial charge on any atom is 0.305 e. The van der Waals surface area contributed by atoms with Crippen molar-refractivity contribution < 1.29 is 28.2 Å². The summed E-state index contributed by atoms with van der Waals surface area (Å²) < 4.78 is 27.2. The van der Waals surface area contributed by atoms with E-state index in [9.17, 15) is 4.79 Å². The number of rotatable bonds is 23. The summed E-state index contributed by atoms with van der Waals surface area (Å²) in [6, 6.07) is 0. The van der Waals surface area contributed by atoms with Crippen molar-refractivity contribution in [1.82, 2.24) is 0 Å². The molecule has 0 N–H and O–H groups in total. The van der Waals surface area contributed by atoms with Crippen molar-refractivity contribution in [3.8, 4) is 0 Å². The molecule has 0 aromatic carbocycles. The predicted molar refractivity (Wildman–Crippen MR) is 125 cm³/mol.